The van der Waals surface area contributed by atoms with Gasteiger partial charge in [0, 0.05) is 22.2 Å². The third-order valence-electron chi connectivity index (χ3n) is 4.38. The highest BCUT2D eigenvalue weighted by Crippen LogP contribution is 2.30. The third kappa shape index (κ3) is 4.36. The molecule has 0 saturated heterocycles. The molecule has 0 spiro atoms. The fourth-order valence-electron chi connectivity index (χ4n) is 3.09. The van der Waals surface area contributed by atoms with E-state index < -0.39 is 0 Å². The van der Waals surface area contributed by atoms with E-state index in [4.69, 9.17) is 21.1 Å². The largest absolute Gasteiger partial charge is 0.497 e. The zero-order valence-corrected chi connectivity index (χ0v) is 15.7. The van der Waals surface area contributed by atoms with Crippen molar-refractivity contribution in [2.24, 2.45) is 0 Å². The molecule has 0 bridgehead atoms. The van der Waals surface area contributed by atoms with E-state index in [9.17, 15) is 4.79 Å². The molecular formula is C22H21ClO3. The molecule has 134 valence electrons. The fraction of sp³-hybridized carbons (Fsp3) is 0.227. The van der Waals surface area contributed by atoms with Crippen LogP contribution in [0.1, 0.15) is 30.4 Å². The van der Waals surface area contributed by atoms with Crippen LogP contribution in [0.4, 0.5) is 0 Å². The van der Waals surface area contributed by atoms with Gasteiger partial charge in [-0.1, -0.05) is 23.7 Å². The first kappa shape index (κ1) is 18.3. The van der Waals surface area contributed by atoms with Gasteiger partial charge in [0.15, 0.2) is 5.78 Å². The van der Waals surface area contributed by atoms with Crippen LogP contribution < -0.4 is 9.47 Å². The van der Waals surface area contributed by atoms with Crippen molar-refractivity contribution in [1.82, 2.24) is 0 Å². The number of ether oxygens (including phenoxy) is 2. The smallest absolute Gasteiger partial charge is 0.185 e. The highest BCUT2D eigenvalue weighted by atomic mass is 35.5. The summed E-state index contributed by atoms with van der Waals surface area (Å²) in [6.07, 6.45) is 6.37. The van der Waals surface area contributed by atoms with E-state index in [0.717, 1.165) is 41.5 Å². The van der Waals surface area contributed by atoms with Crippen LogP contribution >= 0.6 is 11.6 Å². The molecule has 1 aliphatic carbocycles. The van der Waals surface area contributed by atoms with E-state index in [2.05, 4.69) is 0 Å². The molecule has 0 heterocycles. The zero-order valence-electron chi connectivity index (χ0n) is 14.9. The van der Waals surface area contributed by atoms with Crippen LogP contribution in [0.3, 0.4) is 0 Å². The van der Waals surface area contributed by atoms with Crippen LogP contribution in [0.2, 0.25) is 5.02 Å². The summed E-state index contributed by atoms with van der Waals surface area (Å²) in [5.74, 6) is 1.50. The van der Waals surface area contributed by atoms with Gasteiger partial charge in [0.05, 0.1) is 14.2 Å². The molecule has 2 aromatic carbocycles. The molecule has 0 radical (unpaired) electrons. The average molecular weight is 369 g/mol. The Bertz CT molecular complexity index is 858. The number of allylic oxidation sites excluding steroid dienone is 2. The minimum absolute atomic E-state index is 0.0954. The van der Waals surface area contributed by atoms with E-state index >= 15 is 0 Å². The molecule has 0 aromatic heterocycles. The Morgan fingerprint density at radius 1 is 0.885 bits per heavy atom. The van der Waals surface area contributed by atoms with Gasteiger partial charge >= 0.3 is 0 Å². The van der Waals surface area contributed by atoms with Crippen molar-refractivity contribution in [3.05, 3.63) is 69.8 Å². The Kier molecular flexibility index (Phi) is 5.79. The Morgan fingerprint density at radius 2 is 1.50 bits per heavy atom. The van der Waals surface area contributed by atoms with Crippen molar-refractivity contribution in [2.75, 3.05) is 14.2 Å². The number of carbonyl (C=O) groups excluding carboxylic acids is 1. The molecule has 1 saturated carbocycles. The normalized spacial score (nSPS) is 17.6. The molecule has 0 aliphatic heterocycles. The van der Waals surface area contributed by atoms with Gasteiger partial charge in [-0.2, -0.15) is 0 Å². The number of carbonyl (C=O) groups is 1. The van der Waals surface area contributed by atoms with Gasteiger partial charge < -0.3 is 9.47 Å². The quantitative estimate of drug-likeness (QED) is 0.661. The van der Waals surface area contributed by atoms with Crippen LogP contribution in [0.15, 0.2) is 53.6 Å². The molecule has 0 amide bonds. The summed E-state index contributed by atoms with van der Waals surface area (Å²) < 4.78 is 10.6. The zero-order chi connectivity index (χ0) is 18.5. The van der Waals surface area contributed by atoms with E-state index in [1.165, 1.54) is 0 Å². The van der Waals surface area contributed by atoms with Crippen molar-refractivity contribution in [3.63, 3.8) is 0 Å². The highest BCUT2D eigenvalue weighted by molar-refractivity contribution is 6.30. The number of hydrogen-bond donors (Lipinski definition) is 0. The van der Waals surface area contributed by atoms with Crippen molar-refractivity contribution < 1.29 is 14.3 Å². The molecule has 3 rings (SSSR count). The molecule has 4 heteroatoms. The maximum atomic E-state index is 12.9. The van der Waals surface area contributed by atoms with Gasteiger partial charge in [-0.15, -0.1) is 0 Å². The van der Waals surface area contributed by atoms with Crippen LogP contribution in [0.25, 0.3) is 12.2 Å². The number of methoxy groups -OCH3 is 2. The fourth-order valence-corrected chi connectivity index (χ4v) is 3.29. The molecule has 2 aromatic rings. The average Bonchev–Trinajstić information content (AvgIpc) is 2.64. The topological polar surface area (TPSA) is 35.5 Å². The van der Waals surface area contributed by atoms with Gasteiger partial charge in [0.2, 0.25) is 0 Å². The van der Waals surface area contributed by atoms with Crippen LogP contribution in [-0.4, -0.2) is 20.0 Å². The van der Waals surface area contributed by atoms with Gasteiger partial charge in [-0.25, -0.2) is 0 Å². The van der Waals surface area contributed by atoms with Crippen molar-refractivity contribution in [1.29, 1.82) is 0 Å². The Balaban J connectivity index is 1.91. The lowest BCUT2D eigenvalue weighted by atomic mass is 9.87. The standard InChI is InChI=1S/C22H21ClO3/c1-25-20-12-16(13-21(14-20)26-2)10-18-7-4-6-17(22(18)24)9-15-5-3-8-19(23)11-15/h3,5,8-14H,4,6-7H2,1-2H3. The number of rotatable bonds is 4. The summed E-state index contributed by atoms with van der Waals surface area (Å²) in [4.78, 5) is 12.9. The lowest BCUT2D eigenvalue weighted by Gasteiger charge is -2.17. The van der Waals surface area contributed by atoms with Crippen LogP contribution in [-0.2, 0) is 4.79 Å². The molecular weight excluding hydrogens is 348 g/mol. The summed E-state index contributed by atoms with van der Waals surface area (Å²) in [7, 11) is 3.23. The second-order valence-electron chi connectivity index (χ2n) is 6.22. The predicted molar refractivity (Wildman–Crippen MR) is 106 cm³/mol. The Labute approximate surface area is 158 Å². The highest BCUT2D eigenvalue weighted by Gasteiger charge is 2.20. The second-order valence-corrected chi connectivity index (χ2v) is 6.66. The van der Waals surface area contributed by atoms with Crippen molar-refractivity contribution >= 4 is 29.5 Å². The van der Waals surface area contributed by atoms with E-state index in [-0.39, 0.29) is 5.78 Å². The first-order valence-corrected chi connectivity index (χ1v) is 8.91. The van der Waals surface area contributed by atoms with Gasteiger partial charge in [-0.3, -0.25) is 4.79 Å². The number of hydrogen-bond acceptors (Lipinski definition) is 3. The predicted octanol–water partition coefficient (Wildman–Crippen LogP) is 5.58. The summed E-state index contributed by atoms with van der Waals surface area (Å²) in [6.45, 7) is 0. The Morgan fingerprint density at radius 3 is 2.08 bits per heavy atom. The molecule has 0 atom stereocenters. The monoisotopic (exact) mass is 368 g/mol. The van der Waals surface area contributed by atoms with E-state index in [1.54, 1.807) is 14.2 Å². The summed E-state index contributed by atoms with van der Waals surface area (Å²) >= 11 is 6.04. The minimum Gasteiger partial charge on any atom is -0.497 e. The second kappa shape index (κ2) is 8.24. The lowest BCUT2D eigenvalue weighted by molar-refractivity contribution is -0.112. The maximum Gasteiger partial charge on any atom is 0.185 e. The van der Waals surface area contributed by atoms with Crippen LogP contribution in [0.5, 0.6) is 11.5 Å². The third-order valence-corrected chi connectivity index (χ3v) is 4.61. The summed E-state index contributed by atoms with van der Waals surface area (Å²) in [5.41, 5.74) is 3.47. The number of ketones is 1. The van der Waals surface area contributed by atoms with E-state index in [1.807, 2.05) is 54.6 Å². The first-order chi connectivity index (χ1) is 12.6. The molecule has 0 unspecified atom stereocenters. The first-order valence-electron chi connectivity index (χ1n) is 8.53. The summed E-state index contributed by atoms with van der Waals surface area (Å²) in [5, 5.41) is 0.668. The molecule has 26 heavy (non-hydrogen) atoms. The number of Topliss-reactive ketones (excluding diaryl/α,β-unsaturated/α-hetero) is 1. The van der Waals surface area contributed by atoms with Crippen molar-refractivity contribution in [3.8, 4) is 11.5 Å². The molecule has 3 nitrogen and oxygen atoms in total. The summed E-state index contributed by atoms with van der Waals surface area (Å²) in [6, 6.07) is 13.2. The Hall–Kier alpha value is -2.52. The van der Waals surface area contributed by atoms with E-state index in [0.29, 0.717) is 16.5 Å². The minimum atomic E-state index is 0.0954. The number of halogens is 1. The maximum absolute atomic E-state index is 12.9. The number of benzene rings is 2. The van der Waals surface area contributed by atoms with Gasteiger partial charge in [-0.05, 0) is 66.8 Å². The van der Waals surface area contributed by atoms with Gasteiger partial charge in [0.25, 0.3) is 0 Å². The molecule has 1 fully saturated rings. The SMILES string of the molecule is COc1cc(C=C2CCCC(=Cc3cccc(Cl)c3)C2=O)cc(OC)c1. The van der Waals surface area contributed by atoms with Crippen molar-refractivity contribution in [2.45, 2.75) is 19.3 Å². The molecule has 1 aliphatic rings. The molecule has 0 N–H and O–H groups in total. The van der Waals surface area contributed by atoms with Crippen LogP contribution in [0, 0.1) is 0 Å². The lowest BCUT2D eigenvalue weighted by Crippen LogP contribution is -2.12. The van der Waals surface area contributed by atoms with Gasteiger partial charge in [0.1, 0.15) is 11.5 Å².